The molecule has 5 nitrogen and oxygen atoms in total. The van der Waals surface area contributed by atoms with Crippen molar-refractivity contribution in [1.82, 2.24) is 4.98 Å². The van der Waals surface area contributed by atoms with Crippen LogP contribution in [0.3, 0.4) is 0 Å². The van der Waals surface area contributed by atoms with Crippen LogP contribution >= 0.6 is 0 Å². The van der Waals surface area contributed by atoms with Crippen LogP contribution in [0.15, 0.2) is 41.3 Å². The first-order valence-electron chi connectivity index (χ1n) is 5.34. The fourth-order valence-corrected chi connectivity index (χ4v) is 1.65. The Kier molecular flexibility index (Phi) is 3.31. The highest BCUT2D eigenvalue weighted by Crippen LogP contribution is 2.32. The van der Waals surface area contributed by atoms with E-state index in [0.29, 0.717) is 0 Å². The van der Waals surface area contributed by atoms with E-state index in [1.807, 2.05) is 0 Å². The molecule has 1 heterocycles. The van der Waals surface area contributed by atoms with Crippen molar-refractivity contribution in [3.8, 4) is 11.1 Å². The molecular weight excluding hydrogens is 277 g/mol. The Morgan fingerprint density at radius 3 is 2.45 bits per heavy atom. The highest BCUT2D eigenvalue weighted by atomic mass is 19.4. The van der Waals surface area contributed by atoms with Crippen LogP contribution in [0.5, 0.6) is 0 Å². The second kappa shape index (κ2) is 4.80. The van der Waals surface area contributed by atoms with E-state index in [9.17, 15) is 28.1 Å². The van der Waals surface area contributed by atoms with Gasteiger partial charge in [0.25, 0.3) is 0 Å². The number of nitro groups is 1. The molecule has 2 rings (SSSR count). The number of halogens is 3. The van der Waals surface area contributed by atoms with E-state index >= 15 is 0 Å². The number of rotatable bonds is 2. The SMILES string of the molecule is O=c1[nH]cc(-c2cccc(C(F)(F)F)c2)cc1[N+](=O)[O-]. The summed E-state index contributed by atoms with van der Waals surface area (Å²) in [5.74, 6) is 0. The minimum absolute atomic E-state index is 0.124. The first kappa shape index (κ1) is 13.8. The van der Waals surface area contributed by atoms with Crippen molar-refractivity contribution < 1.29 is 18.1 Å². The summed E-state index contributed by atoms with van der Waals surface area (Å²) in [6.07, 6.45) is -3.38. The number of hydrogen-bond donors (Lipinski definition) is 1. The zero-order valence-corrected chi connectivity index (χ0v) is 9.77. The standard InChI is InChI=1S/C12H7F3N2O3/c13-12(14,15)9-3-1-2-7(4-9)8-5-10(17(19)20)11(18)16-6-8/h1-6H,(H,16,18). The van der Waals surface area contributed by atoms with Crippen LogP contribution in [0.4, 0.5) is 18.9 Å². The monoisotopic (exact) mass is 284 g/mol. The van der Waals surface area contributed by atoms with Gasteiger partial charge in [-0.1, -0.05) is 12.1 Å². The van der Waals surface area contributed by atoms with E-state index < -0.39 is 27.9 Å². The quantitative estimate of drug-likeness (QED) is 0.680. The zero-order chi connectivity index (χ0) is 14.9. The average molecular weight is 284 g/mol. The number of benzene rings is 1. The molecule has 104 valence electrons. The maximum absolute atomic E-state index is 12.6. The number of nitrogens with zero attached hydrogens (tertiary/aromatic N) is 1. The second-order valence-corrected chi connectivity index (χ2v) is 3.94. The smallest absolute Gasteiger partial charge is 0.323 e. The van der Waals surface area contributed by atoms with Crippen molar-refractivity contribution in [2.24, 2.45) is 0 Å². The number of H-pyrrole nitrogens is 1. The van der Waals surface area contributed by atoms with Crippen LogP contribution in [0.2, 0.25) is 0 Å². The summed E-state index contributed by atoms with van der Waals surface area (Å²) >= 11 is 0. The van der Waals surface area contributed by atoms with Crippen LogP contribution in [-0.4, -0.2) is 9.91 Å². The van der Waals surface area contributed by atoms with Gasteiger partial charge in [0.15, 0.2) is 0 Å². The molecule has 0 aliphatic heterocycles. The van der Waals surface area contributed by atoms with E-state index in [4.69, 9.17) is 0 Å². The van der Waals surface area contributed by atoms with Crippen molar-refractivity contribution in [3.63, 3.8) is 0 Å². The van der Waals surface area contributed by atoms with Gasteiger partial charge in [-0.25, -0.2) is 0 Å². The van der Waals surface area contributed by atoms with Gasteiger partial charge in [-0.15, -0.1) is 0 Å². The summed E-state index contributed by atoms with van der Waals surface area (Å²) in [6.45, 7) is 0. The summed E-state index contributed by atoms with van der Waals surface area (Å²) in [4.78, 5) is 23.1. The van der Waals surface area contributed by atoms with Crippen LogP contribution in [0.1, 0.15) is 5.56 Å². The first-order valence-corrected chi connectivity index (χ1v) is 5.34. The second-order valence-electron chi connectivity index (χ2n) is 3.94. The lowest BCUT2D eigenvalue weighted by molar-refractivity contribution is -0.386. The molecule has 0 aliphatic carbocycles. The molecule has 0 spiro atoms. The third-order valence-corrected chi connectivity index (χ3v) is 2.60. The third kappa shape index (κ3) is 2.68. The predicted molar refractivity (Wildman–Crippen MR) is 64.2 cm³/mol. The molecule has 20 heavy (non-hydrogen) atoms. The summed E-state index contributed by atoms with van der Waals surface area (Å²) in [5, 5.41) is 10.6. The minimum atomic E-state index is -4.51. The Labute approximate surface area is 109 Å². The third-order valence-electron chi connectivity index (χ3n) is 2.60. The van der Waals surface area contributed by atoms with Gasteiger partial charge in [-0.05, 0) is 17.7 Å². The molecular formula is C12H7F3N2O3. The molecule has 0 saturated carbocycles. The molecule has 0 aliphatic rings. The lowest BCUT2D eigenvalue weighted by Gasteiger charge is -2.08. The molecule has 2 aromatic rings. The van der Waals surface area contributed by atoms with Crippen molar-refractivity contribution in [2.45, 2.75) is 6.18 Å². The highest BCUT2D eigenvalue weighted by molar-refractivity contribution is 5.65. The molecule has 0 saturated heterocycles. The zero-order valence-electron chi connectivity index (χ0n) is 9.77. The summed E-state index contributed by atoms with van der Waals surface area (Å²) in [5.41, 5.74) is -2.25. The Balaban J connectivity index is 2.55. The average Bonchev–Trinajstić information content (AvgIpc) is 2.38. The van der Waals surface area contributed by atoms with Gasteiger partial charge in [0.1, 0.15) is 0 Å². The molecule has 0 amide bonds. The molecule has 1 aromatic carbocycles. The summed E-state index contributed by atoms with van der Waals surface area (Å²) < 4.78 is 37.8. The lowest BCUT2D eigenvalue weighted by atomic mass is 10.0. The highest BCUT2D eigenvalue weighted by Gasteiger charge is 2.30. The van der Waals surface area contributed by atoms with Gasteiger partial charge < -0.3 is 4.98 Å². The van der Waals surface area contributed by atoms with E-state index in [1.54, 1.807) is 0 Å². The number of pyridine rings is 1. The largest absolute Gasteiger partial charge is 0.416 e. The van der Waals surface area contributed by atoms with E-state index in [2.05, 4.69) is 4.98 Å². The van der Waals surface area contributed by atoms with Gasteiger partial charge in [0.05, 0.1) is 10.5 Å². The van der Waals surface area contributed by atoms with E-state index in [1.165, 1.54) is 12.1 Å². The van der Waals surface area contributed by atoms with Crippen LogP contribution < -0.4 is 5.56 Å². The summed E-state index contributed by atoms with van der Waals surface area (Å²) in [7, 11) is 0. The minimum Gasteiger partial charge on any atom is -0.323 e. The fourth-order valence-electron chi connectivity index (χ4n) is 1.65. The normalized spacial score (nSPS) is 11.3. The molecule has 1 aromatic heterocycles. The molecule has 0 fully saturated rings. The number of aromatic amines is 1. The molecule has 0 unspecified atom stereocenters. The fraction of sp³-hybridized carbons (Fsp3) is 0.0833. The van der Waals surface area contributed by atoms with Crippen molar-refractivity contribution in [3.05, 3.63) is 62.6 Å². The molecule has 8 heteroatoms. The van der Waals surface area contributed by atoms with Crippen LogP contribution in [0, 0.1) is 10.1 Å². The number of nitrogens with one attached hydrogen (secondary N) is 1. The maximum atomic E-state index is 12.6. The van der Waals surface area contributed by atoms with Crippen LogP contribution in [0.25, 0.3) is 11.1 Å². The number of aromatic nitrogens is 1. The van der Waals surface area contributed by atoms with Gasteiger partial charge in [0, 0.05) is 17.8 Å². The van der Waals surface area contributed by atoms with E-state index in [0.717, 1.165) is 24.4 Å². The maximum Gasteiger partial charge on any atom is 0.416 e. The first-order chi connectivity index (χ1) is 9.29. The molecule has 1 N–H and O–H groups in total. The van der Waals surface area contributed by atoms with Crippen LogP contribution in [-0.2, 0) is 6.18 Å². The molecule has 0 atom stereocenters. The van der Waals surface area contributed by atoms with Crippen molar-refractivity contribution in [1.29, 1.82) is 0 Å². The van der Waals surface area contributed by atoms with Gasteiger partial charge >= 0.3 is 17.4 Å². The molecule has 0 bridgehead atoms. The van der Waals surface area contributed by atoms with E-state index in [-0.39, 0.29) is 11.1 Å². The van der Waals surface area contributed by atoms with Gasteiger partial charge in [-0.2, -0.15) is 13.2 Å². The topological polar surface area (TPSA) is 76.0 Å². The Bertz CT molecular complexity index is 722. The van der Waals surface area contributed by atoms with Crippen molar-refractivity contribution >= 4 is 5.69 Å². The lowest BCUT2D eigenvalue weighted by Crippen LogP contribution is -2.10. The predicted octanol–water partition coefficient (Wildman–Crippen LogP) is 2.97. The molecule has 0 radical (unpaired) electrons. The van der Waals surface area contributed by atoms with Gasteiger partial charge in [0.2, 0.25) is 0 Å². The Hall–Kier alpha value is -2.64. The summed E-state index contributed by atoms with van der Waals surface area (Å²) in [6, 6.07) is 5.25. The van der Waals surface area contributed by atoms with Crippen molar-refractivity contribution in [2.75, 3.05) is 0 Å². The Morgan fingerprint density at radius 2 is 1.85 bits per heavy atom. The Morgan fingerprint density at radius 1 is 1.15 bits per heavy atom. The number of hydrogen-bond acceptors (Lipinski definition) is 3. The van der Waals surface area contributed by atoms with Gasteiger partial charge in [-0.3, -0.25) is 14.9 Å². The number of alkyl halides is 3.